The van der Waals surface area contributed by atoms with Gasteiger partial charge in [-0.2, -0.15) is 9.97 Å². The average molecular weight is 389 g/mol. The summed E-state index contributed by atoms with van der Waals surface area (Å²) in [4.78, 5) is 23.9. The third-order valence-electron chi connectivity index (χ3n) is 3.44. The van der Waals surface area contributed by atoms with Crippen molar-refractivity contribution in [1.29, 1.82) is 0 Å². The first kappa shape index (κ1) is 18.3. The van der Waals surface area contributed by atoms with Crippen LogP contribution in [0.1, 0.15) is 0 Å². The maximum atomic E-state index is 12.6. The Bertz CT molecular complexity index is 1080. The monoisotopic (exact) mass is 389 g/mol. The van der Waals surface area contributed by atoms with E-state index in [1.807, 2.05) is 4.72 Å². The number of pyridine rings is 1. The second-order valence-electron chi connectivity index (χ2n) is 5.17. The highest BCUT2D eigenvalue weighted by atomic mass is 32.2. The second-order valence-corrected chi connectivity index (χ2v) is 6.82. The second kappa shape index (κ2) is 7.41. The number of anilines is 1. The zero-order valence-electron chi connectivity index (χ0n) is 14.3. The van der Waals surface area contributed by atoms with E-state index in [4.69, 9.17) is 9.47 Å². The van der Waals surface area contributed by atoms with E-state index in [1.165, 1.54) is 32.5 Å². The molecule has 0 fully saturated rings. The van der Waals surface area contributed by atoms with Gasteiger partial charge in [-0.1, -0.05) is 18.2 Å². The zero-order valence-corrected chi connectivity index (χ0v) is 15.1. The predicted molar refractivity (Wildman–Crippen MR) is 96.2 cm³/mol. The summed E-state index contributed by atoms with van der Waals surface area (Å²) in [6, 6.07) is 8.41. The molecule has 0 saturated carbocycles. The van der Waals surface area contributed by atoms with Crippen LogP contribution in [-0.4, -0.2) is 43.6 Å². The quantitative estimate of drug-likeness (QED) is 0.672. The Kier molecular flexibility index (Phi) is 5.03. The van der Waals surface area contributed by atoms with Gasteiger partial charge >= 0.3 is 6.03 Å². The van der Waals surface area contributed by atoms with Gasteiger partial charge in [0.25, 0.3) is 10.0 Å². The summed E-state index contributed by atoms with van der Waals surface area (Å²) in [6.45, 7) is 0. The molecule has 0 aliphatic carbocycles. The SMILES string of the molecule is COc1cc(OC)nc(NC(=O)NS(=O)(=O)c2cccc3cccnc23)n1. The maximum Gasteiger partial charge on any atom is 0.335 e. The molecule has 3 aromatic rings. The number of ether oxygens (including phenoxy) is 2. The van der Waals surface area contributed by atoms with Crippen molar-refractivity contribution < 1.29 is 22.7 Å². The van der Waals surface area contributed by atoms with Crippen LogP contribution in [0.4, 0.5) is 10.7 Å². The van der Waals surface area contributed by atoms with Gasteiger partial charge < -0.3 is 9.47 Å². The number of hydrogen-bond donors (Lipinski definition) is 2. The fourth-order valence-electron chi connectivity index (χ4n) is 2.27. The van der Waals surface area contributed by atoms with Crippen LogP contribution in [0.3, 0.4) is 0 Å². The molecule has 3 rings (SSSR count). The van der Waals surface area contributed by atoms with Crippen molar-refractivity contribution >= 4 is 32.9 Å². The molecule has 27 heavy (non-hydrogen) atoms. The lowest BCUT2D eigenvalue weighted by Gasteiger charge is -2.10. The van der Waals surface area contributed by atoms with Crippen LogP contribution in [-0.2, 0) is 10.0 Å². The lowest BCUT2D eigenvalue weighted by Crippen LogP contribution is -2.35. The Morgan fingerprint density at radius 1 is 1.04 bits per heavy atom. The lowest BCUT2D eigenvalue weighted by molar-refractivity contribution is 0.256. The summed E-state index contributed by atoms with van der Waals surface area (Å²) in [7, 11) is -1.42. The summed E-state index contributed by atoms with van der Waals surface area (Å²) >= 11 is 0. The number of nitrogens with zero attached hydrogens (tertiary/aromatic N) is 3. The number of carbonyl (C=O) groups excluding carboxylic acids is 1. The van der Waals surface area contributed by atoms with Gasteiger partial charge in [0.2, 0.25) is 17.7 Å². The minimum absolute atomic E-state index is 0.125. The Morgan fingerprint density at radius 3 is 2.37 bits per heavy atom. The molecule has 2 heterocycles. The van der Waals surface area contributed by atoms with Gasteiger partial charge in [0.05, 0.1) is 25.8 Å². The number of sulfonamides is 1. The van der Waals surface area contributed by atoms with E-state index in [-0.39, 0.29) is 28.1 Å². The molecular formula is C16H15N5O5S. The van der Waals surface area contributed by atoms with Gasteiger partial charge in [0.1, 0.15) is 4.90 Å². The molecule has 0 spiro atoms. The zero-order chi connectivity index (χ0) is 19.4. The molecule has 140 valence electrons. The van der Waals surface area contributed by atoms with Gasteiger partial charge in [-0.15, -0.1) is 0 Å². The van der Waals surface area contributed by atoms with E-state index in [0.29, 0.717) is 5.39 Å². The first-order valence-electron chi connectivity index (χ1n) is 7.57. The van der Waals surface area contributed by atoms with Gasteiger partial charge in [-0.05, 0) is 12.1 Å². The number of benzene rings is 1. The number of carbonyl (C=O) groups is 1. The van der Waals surface area contributed by atoms with Crippen LogP contribution in [0.25, 0.3) is 10.9 Å². The van der Waals surface area contributed by atoms with Crippen molar-refractivity contribution in [3.05, 3.63) is 42.6 Å². The highest BCUT2D eigenvalue weighted by molar-refractivity contribution is 7.90. The van der Waals surface area contributed by atoms with Crippen LogP contribution in [0.15, 0.2) is 47.5 Å². The van der Waals surface area contributed by atoms with Crippen molar-refractivity contribution in [2.45, 2.75) is 4.90 Å². The first-order valence-corrected chi connectivity index (χ1v) is 9.06. The highest BCUT2D eigenvalue weighted by Crippen LogP contribution is 2.21. The van der Waals surface area contributed by atoms with E-state index in [1.54, 1.807) is 24.3 Å². The molecule has 0 saturated heterocycles. The lowest BCUT2D eigenvalue weighted by atomic mass is 10.2. The summed E-state index contributed by atoms with van der Waals surface area (Å²) in [6.07, 6.45) is 1.47. The number of rotatable bonds is 5. The average Bonchev–Trinajstić information content (AvgIpc) is 2.66. The summed E-state index contributed by atoms with van der Waals surface area (Å²) in [5.41, 5.74) is 0.250. The number of methoxy groups -OCH3 is 2. The molecule has 0 unspecified atom stereocenters. The summed E-state index contributed by atoms with van der Waals surface area (Å²) < 4.78 is 37.0. The van der Waals surface area contributed by atoms with E-state index in [0.717, 1.165) is 0 Å². The predicted octanol–water partition coefficient (Wildman–Crippen LogP) is 1.55. The Hall–Kier alpha value is -3.47. The van der Waals surface area contributed by atoms with Gasteiger partial charge in [0.15, 0.2) is 0 Å². The van der Waals surface area contributed by atoms with E-state index < -0.39 is 16.1 Å². The molecule has 2 aromatic heterocycles. The minimum Gasteiger partial charge on any atom is -0.481 e. The molecule has 1 aromatic carbocycles. The molecule has 0 radical (unpaired) electrons. The van der Waals surface area contributed by atoms with Crippen LogP contribution in [0, 0.1) is 0 Å². The van der Waals surface area contributed by atoms with Crippen molar-refractivity contribution in [1.82, 2.24) is 19.7 Å². The third kappa shape index (κ3) is 4.03. The number of aromatic nitrogens is 3. The van der Waals surface area contributed by atoms with Crippen LogP contribution in [0.2, 0.25) is 0 Å². The van der Waals surface area contributed by atoms with Gasteiger partial charge in [-0.3, -0.25) is 10.3 Å². The number of fused-ring (bicyclic) bond motifs is 1. The van der Waals surface area contributed by atoms with Crippen LogP contribution in [0.5, 0.6) is 11.8 Å². The Labute approximate surface area is 154 Å². The summed E-state index contributed by atoms with van der Waals surface area (Å²) in [5.74, 6) is 0.0893. The third-order valence-corrected chi connectivity index (χ3v) is 4.80. The maximum absolute atomic E-state index is 12.6. The fourth-order valence-corrected chi connectivity index (χ4v) is 3.35. The minimum atomic E-state index is -4.18. The Morgan fingerprint density at radius 2 is 1.70 bits per heavy atom. The normalized spacial score (nSPS) is 11.0. The van der Waals surface area contributed by atoms with Crippen LogP contribution < -0.4 is 19.5 Å². The Balaban J connectivity index is 1.85. The van der Waals surface area contributed by atoms with Crippen molar-refractivity contribution in [2.24, 2.45) is 0 Å². The molecule has 0 aliphatic rings. The molecule has 0 bridgehead atoms. The molecular weight excluding hydrogens is 374 g/mol. The number of hydrogen-bond acceptors (Lipinski definition) is 8. The van der Waals surface area contributed by atoms with Crippen molar-refractivity contribution in [3.63, 3.8) is 0 Å². The largest absolute Gasteiger partial charge is 0.481 e. The van der Waals surface area contributed by atoms with E-state index >= 15 is 0 Å². The number of para-hydroxylation sites is 1. The molecule has 2 amide bonds. The standard InChI is InChI=1S/C16H15N5O5S/c1-25-12-9-13(26-2)19-15(18-12)20-16(22)21-27(23,24)11-7-3-5-10-6-4-8-17-14(10)11/h3-9H,1-2H3,(H2,18,19,20,21,22). The van der Waals surface area contributed by atoms with Crippen LogP contribution >= 0.6 is 0 Å². The van der Waals surface area contributed by atoms with E-state index in [9.17, 15) is 13.2 Å². The molecule has 0 aliphatic heterocycles. The van der Waals surface area contributed by atoms with Crippen molar-refractivity contribution in [3.8, 4) is 11.8 Å². The molecule has 2 N–H and O–H groups in total. The van der Waals surface area contributed by atoms with Crippen molar-refractivity contribution in [2.75, 3.05) is 19.5 Å². The smallest absolute Gasteiger partial charge is 0.335 e. The number of amides is 2. The van der Waals surface area contributed by atoms with Gasteiger partial charge in [0, 0.05) is 11.6 Å². The van der Waals surface area contributed by atoms with E-state index in [2.05, 4.69) is 20.3 Å². The molecule has 10 nitrogen and oxygen atoms in total. The molecule has 0 atom stereocenters. The summed E-state index contributed by atoms with van der Waals surface area (Å²) in [5, 5.41) is 2.86. The number of nitrogens with one attached hydrogen (secondary N) is 2. The molecule has 11 heteroatoms. The highest BCUT2D eigenvalue weighted by Gasteiger charge is 2.21. The first-order chi connectivity index (χ1) is 12.9. The topological polar surface area (TPSA) is 132 Å². The number of urea groups is 1. The van der Waals surface area contributed by atoms with Gasteiger partial charge in [-0.25, -0.2) is 17.9 Å². The fraction of sp³-hybridized carbons (Fsp3) is 0.125.